The highest BCUT2D eigenvalue weighted by molar-refractivity contribution is 5.78. The van der Waals surface area contributed by atoms with Crippen LogP contribution in [0.4, 0.5) is 23.4 Å². The van der Waals surface area contributed by atoms with Crippen molar-refractivity contribution < 1.29 is 22.4 Å². The summed E-state index contributed by atoms with van der Waals surface area (Å²) in [4.78, 5) is 15.9. The lowest BCUT2D eigenvalue weighted by Gasteiger charge is -2.19. The molecule has 104 valence electrons. The van der Waals surface area contributed by atoms with E-state index in [0.717, 1.165) is 11.0 Å². The van der Waals surface area contributed by atoms with Crippen LogP contribution in [0.25, 0.3) is 0 Å². The second-order valence-corrected chi connectivity index (χ2v) is 4.37. The van der Waals surface area contributed by atoms with E-state index in [1.165, 1.54) is 12.3 Å². The van der Waals surface area contributed by atoms with Crippen LogP contribution in [0.5, 0.6) is 0 Å². The van der Waals surface area contributed by atoms with E-state index in [2.05, 4.69) is 4.98 Å². The summed E-state index contributed by atoms with van der Waals surface area (Å²) < 4.78 is 51.9. The van der Waals surface area contributed by atoms with Gasteiger partial charge in [0, 0.05) is 19.3 Å². The van der Waals surface area contributed by atoms with Gasteiger partial charge in [-0.15, -0.1) is 0 Å². The average Bonchev–Trinajstić information content (AvgIpc) is 2.74. The molecule has 0 radical (unpaired) electrons. The molecule has 0 bridgehead atoms. The third-order valence-corrected chi connectivity index (χ3v) is 3.14. The molecule has 2 heterocycles. The maximum Gasteiger partial charge on any atom is 0.394 e. The van der Waals surface area contributed by atoms with Crippen LogP contribution in [0.3, 0.4) is 0 Å². The molecule has 2 rings (SSSR count). The second-order valence-electron chi connectivity index (χ2n) is 4.37. The molecule has 2 N–H and O–H groups in total. The third-order valence-electron chi connectivity index (χ3n) is 3.14. The monoisotopic (exact) mass is 277 g/mol. The highest BCUT2D eigenvalue weighted by Crippen LogP contribution is 2.39. The number of amides is 1. The zero-order valence-electron chi connectivity index (χ0n) is 9.69. The number of hydrogen-bond donors (Lipinski definition) is 1. The molecule has 1 amide bonds. The van der Waals surface area contributed by atoms with Gasteiger partial charge in [0.05, 0.1) is 11.8 Å². The fraction of sp³-hybridized carbons (Fsp3) is 0.455. The summed E-state index contributed by atoms with van der Waals surface area (Å²) in [6.07, 6.45) is -3.28. The molecule has 8 heteroatoms. The molecule has 0 spiro atoms. The molecule has 1 aromatic rings. The molecule has 0 aromatic carbocycles. The Morgan fingerprint density at radius 3 is 2.58 bits per heavy atom. The van der Waals surface area contributed by atoms with Gasteiger partial charge >= 0.3 is 6.18 Å². The first-order chi connectivity index (χ1) is 8.80. The Labute approximate surface area is 106 Å². The quantitative estimate of drug-likeness (QED) is 0.829. The minimum atomic E-state index is -4.56. The van der Waals surface area contributed by atoms with Crippen LogP contribution in [0.2, 0.25) is 0 Å². The van der Waals surface area contributed by atoms with Gasteiger partial charge in [-0.1, -0.05) is 0 Å². The predicted molar refractivity (Wildman–Crippen MR) is 58.6 cm³/mol. The van der Waals surface area contributed by atoms with E-state index in [9.17, 15) is 22.4 Å². The van der Waals surface area contributed by atoms with E-state index in [-0.39, 0.29) is 12.4 Å². The van der Waals surface area contributed by atoms with E-state index in [1.807, 2.05) is 0 Å². The van der Waals surface area contributed by atoms with Gasteiger partial charge < -0.3 is 10.6 Å². The number of carbonyl (C=O) groups is 1. The minimum absolute atomic E-state index is 0.194. The fourth-order valence-electron chi connectivity index (χ4n) is 2.21. The molecule has 1 aliphatic heterocycles. The van der Waals surface area contributed by atoms with Crippen LogP contribution in [-0.2, 0) is 4.79 Å². The predicted octanol–water partition coefficient (Wildman–Crippen LogP) is 1.32. The summed E-state index contributed by atoms with van der Waals surface area (Å²) in [5, 5.41) is 0. The Morgan fingerprint density at radius 2 is 2.11 bits per heavy atom. The molecular formula is C11H11F4N3O. The highest BCUT2D eigenvalue weighted by atomic mass is 19.4. The summed E-state index contributed by atoms with van der Waals surface area (Å²) in [6, 6.07) is 2.43. The van der Waals surface area contributed by atoms with Crippen molar-refractivity contribution in [2.75, 3.05) is 18.0 Å². The van der Waals surface area contributed by atoms with Gasteiger partial charge in [0.15, 0.2) is 11.6 Å². The molecule has 1 fully saturated rings. The Morgan fingerprint density at radius 1 is 1.42 bits per heavy atom. The standard InChI is InChI=1S/C11H11F4N3O/c12-8-2-1-3-17-10(8)18-4-6(9(16)19)7(5-18)11(13,14)15/h1-3,6-7H,4-5H2,(H2,16,19)/t6-,7-/m1/s1. The number of primary amides is 1. The summed E-state index contributed by atoms with van der Waals surface area (Å²) in [5.41, 5.74) is 4.98. The molecule has 2 atom stereocenters. The van der Waals surface area contributed by atoms with Crippen LogP contribution in [0, 0.1) is 17.7 Å². The fourth-order valence-corrected chi connectivity index (χ4v) is 2.21. The van der Waals surface area contributed by atoms with Crippen molar-refractivity contribution >= 4 is 11.7 Å². The third kappa shape index (κ3) is 2.61. The van der Waals surface area contributed by atoms with Gasteiger partial charge in [0.2, 0.25) is 5.91 Å². The summed E-state index contributed by atoms with van der Waals surface area (Å²) in [6.45, 7) is -0.807. The molecular weight excluding hydrogens is 266 g/mol. The lowest BCUT2D eigenvalue weighted by Crippen LogP contribution is -2.37. The SMILES string of the molecule is NC(=O)[C@@H]1CN(c2ncccc2F)C[C@H]1C(F)(F)F. The van der Waals surface area contributed by atoms with E-state index < -0.39 is 36.3 Å². The maximum atomic E-state index is 13.5. The molecule has 19 heavy (non-hydrogen) atoms. The zero-order chi connectivity index (χ0) is 14.2. The van der Waals surface area contributed by atoms with Crippen molar-refractivity contribution in [1.82, 2.24) is 4.98 Å². The van der Waals surface area contributed by atoms with Gasteiger partial charge in [-0.3, -0.25) is 4.79 Å². The van der Waals surface area contributed by atoms with Crippen LogP contribution < -0.4 is 10.6 Å². The first-order valence-electron chi connectivity index (χ1n) is 5.52. The van der Waals surface area contributed by atoms with Crippen molar-refractivity contribution in [3.8, 4) is 0 Å². The topological polar surface area (TPSA) is 59.2 Å². The van der Waals surface area contributed by atoms with Crippen LogP contribution in [0.15, 0.2) is 18.3 Å². The van der Waals surface area contributed by atoms with E-state index in [1.54, 1.807) is 0 Å². The molecule has 1 aromatic heterocycles. The summed E-state index contributed by atoms with van der Waals surface area (Å²) in [5.74, 6) is -5.25. The number of aromatic nitrogens is 1. The number of nitrogens with two attached hydrogens (primary N) is 1. The molecule has 0 aliphatic carbocycles. The zero-order valence-corrected chi connectivity index (χ0v) is 9.69. The number of anilines is 1. The van der Waals surface area contributed by atoms with E-state index >= 15 is 0 Å². The normalized spacial score (nSPS) is 23.7. The number of rotatable bonds is 2. The van der Waals surface area contributed by atoms with Crippen LogP contribution in [0.1, 0.15) is 0 Å². The minimum Gasteiger partial charge on any atom is -0.369 e. The van der Waals surface area contributed by atoms with Crippen molar-refractivity contribution in [1.29, 1.82) is 0 Å². The van der Waals surface area contributed by atoms with Gasteiger partial charge in [-0.05, 0) is 12.1 Å². The average molecular weight is 277 g/mol. The first-order valence-corrected chi connectivity index (χ1v) is 5.52. The Bertz CT molecular complexity index is 491. The molecule has 0 saturated carbocycles. The van der Waals surface area contributed by atoms with Crippen molar-refractivity contribution in [2.24, 2.45) is 17.6 Å². The largest absolute Gasteiger partial charge is 0.394 e. The number of nitrogens with zero attached hydrogens (tertiary/aromatic N) is 2. The summed E-state index contributed by atoms with van der Waals surface area (Å²) in [7, 11) is 0. The Hall–Kier alpha value is -1.86. The summed E-state index contributed by atoms with van der Waals surface area (Å²) >= 11 is 0. The second kappa shape index (κ2) is 4.67. The lowest BCUT2D eigenvalue weighted by atomic mass is 9.95. The number of carbonyl (C=O) groups excluding carboxylic acids is 1. The Kier molecular flexibility index (Phi) is 3.34. The lowest BCUT2D eigenvalue weighted by molar-refractivity contribution is -0.181. The Balaban J connectivity index is 2.28. The number of hydrogen-bond acceptors (Lipinski definition) is 3. The number of pyridine rings is 1. The maximum absolute atomic E-state index is 13.5. The molecule has 0 unspecified atom stereocenters. The highest BCUT2D eigenvalue weighted by Gasteiger charge is 2.52. The molecule has 4 nitrogen and oxygen atoms in total. The van der Waals surface area contributed by atoms with Gasteiger partial charge in [-0.25, -0.2) is 9.37 Å². The first kappa shape index (κ1) is 13.6. The van der Waals surface area contributed by atoms with Crippen molar-refractivity contribution in [2.45, 2.75) is 6.18 Å². The van der Waals surface area contributed by atoms with E-state index in [0.29, 0.717) is 0 Å². The van der Waals surface area contributed by atoms with Gasteiger partial charge in [-0.2, -0.15) is 13.2 Å². The molecule has 1 saturated heterocycles. The number of halogens is 4. The number of alkyl halides is 3. The van der Waals surface area contributed by atoms with Crippen LogP contribution in [-0.4, -0.2) is 30.2 Å². The van der Waals surface area contributed by atoms with Crippen molar-refractivity contribution in [3.05, 3.63) is 24.1 Å². The van der Waals surface area contributed by atoms with Crippen LogP contribution >= 0.6 is 0 Å². The molecule has 1 aliphatic rings. The van der Waals surface area contributed by atoms with Gasteiger partial charge in [0.25, 0.3) is 0 Å². The smallest absolute Gasteiger partial charge is 0.369 e. The van der Waals surface area contributed by atoms with Crippen molar-refractivity contribution in [3.63, 3.8) is 0 Å². The van der Waals surface area contributed by atoms with E-state index in [4.69, 9.17) is 5.73 Å². The van der Waals surface area contributed by atoms with Gasteiger partial charge in [0.1, 0.15) is 0 Å².